The Morgan fingerprint density at radius 1 is 1.28 bits per heavy atom. The van der Waals surface area contributed by atoms with E-state index >= 15 is 0 Å². The van der Waals surface area contributed by atoms with Crippen LogP contribution in [0.2, 0.25) is 10.0 Å². The number of halogens is 2. The smallest absolute Gasteiger partial charge is 0.484 e. The first-order chi connectivity index (χ1) is 13.6. The number of amides is 2. The van der Waals surface area contributed by atoms with E-state index in [-0.39, 0.29) is 34.4 Å². The van der Waals surface area contributed by atoms with Crippen LogP contribution in [0.3, 0.4) is 0 Å². The van der Waals surface area contributed by atoms with Gasteiger partial charge >= 0.3 is 13.3 Å². The standard InChI is InChI=1S/C17H23BCl2N2O6S/c1-10(2)8-14(17(25)28-18(26)27)21-22(15(23)6-7-29-3)16(24)12-9-11(19)4-5-13(12)20/h4-5,9-10,14,21,26-27H,6-8H2,1-3H3/t14-/m1/s1. The van der Waals surface area contributed by atoms with Crippen LogP contribution in [-0.2, 0) is 14.2 Å². The van der Waals surface area contributed by atoms with Crippen molar-refractivity contribution in [3.8, 4) is 0 Å². The predicted molar refractivity (Wildman–Crippen MR) is 113 cm³/mol. The van der Waals surface area contributed by atoms with Crippen LogP contribution in [0.4, 0.5) is 0 Å². The van der Waals surface area contributed by atoms with E-state index < -0.39 is 31.1 Å². The van der Waals surface area contributed by atoms with Crippen LogP contribution in [0.1, 0.15) is 37.0 Å². The number of hydrogen-bond acceptors (Lipinski definition) is 8. The lowest BCUT2D eigenvalue weighted by molar-refractivity contribution is -0.142. The third-order valence-electron chi connectivity index (χ3n) is 3.63. The molecule has 1 rings (SSSR count). The molecule has 8 nitrogen and oxygen atoms in total. The van der Waals surface area contributed by atoms with Crippen molar-refractivity contribution in [3.63, 3.8) is 0 Å². The molecule has 3 N–H and O–H groups in total. The maximum Gasteiger partial charge on any atom is 0.709 e. The van der Waals surface area contributed by atoms with Gasteiger partial charge in [-0.25, -0.2) is 10.4 Å². The summed E-state index contributed by atoms with van der Waals surface area (Å²) >= 11 is 13.4. The molecule has 0 bridgehead atoms. The lowest BCUT2D eigenvalue weighted by Crippen LogP contribution is -2.55. The number of hydrazine groups is 1. The Labute approximate surface area is 184 Å². The highest BCUT2D eigenvalue weighted by Crippen LogP contribution is 2.22. The maximum absolute atomic E-state index is 13.0. The Bertz CT molecular complexity index is 738. The molecule has 0 aliphatic rings. The van der Waals surface area contributed by atoms with Gasteiger partial charge in [-0.3, -0.25) is 14.4 Å². The summed E-state index contributed by atoms with van der Waals surface area (Å²) in [5.41, 5.74) is 2.55. The molecule has 0 unspecified atom stereocenters. The van der Waals surface area contributed by atoms with Gasteiger partial charge < -0.3 is 14.7 Å². The summed E-state index contributed by atoms with van der Waals surface area (Å²) in [7, 11) is -2.32. The molecule has 0 aromatic heterocycles. The van der Waals surface area contributed by atoms with Gasteiger partial charge in [-0.15, -0.1) is 0 Å². The fraction of sp³-hybridized carbons (Fsp3) is 0.471. The van der Waals surface area contributed by atoms with Crippen LogP contribution >= 0.6 is 35.0 Å². The van der Waals surface area contributed by atoms with Crippen molar-refractivity contribution in [1.82, 2.24) is 10.4 Å². The van der Waals surface area contributed by atoms with E-state index in [0.717, 1.165) is 0 Å². The van der Waals surface area contributed by atoms with Gasteiger partial charge in [0.2, 0.25) is 5.91 Å². The fourth-order valence-electron chi connectivity index (χ4n) is 2.34. The molecule has 0 fully saturated rings. The van der Waals surface area contributed by atoms with Gasteiger partial charge in [0.25, 0.3) is 5.91 Å². The Kier molecular flexibility index (Phi) is 11.0. The van der Waals surface area contributed by atoms with Gasteiger partial charge in [0, 0.05) is 17.2 Å². The van der Waals surface area contributed by atoms with Crippen LogP contribution < -0.4 is 5.43 Å². The normalized spacial score (nSPS) is 11.9. The summed E-state index contributed by atoms with van der Waals surface area (Å²) in [6.07, 6.45) is 1.99. The molecule has 0 saturated heterocycles. The minimum Gasteiger partial charge on any atom is -0.484 e. The number of carbonyl (C=O) groups excluding carboxylic acids is 3. The van der Waals surface area contributed by atoms with E-state index in [4.69, 9.17) is 33.2 Å². The second-order valence-electron chi connectivity index (χ2n) is 6.48. The SMILES string of the molecule is CSCCC(=O)N(N[C@H](CC(C)C)C(=O)OB(O)O)C(=O)c1cc(Cl)ccc1Cl. The number of thioether (sulfide) groups is 1. The van der Waals surface area contributed by atoms with Crippen molar-refractivity contribution in [2.24, 2.45) is 5.92 Å². The van der Waals surface area contributed by atoms with Crippen molar-refractivity contribution in [3.05, 3.63) is 33.8 Å². The molecule has 0 saturated carbocycles. The number of nitrogens with one attached hydrogen (secondary N) is 1. The quantitative estimate of drug-likeness (QED) is 0.356. The van der Waals surface area contributed by atoms with Crippen LogP contribution in [0.5, 0.6) is 0 Å². The minimum atomic E-state index is -2.32. The Hall–Kier alpha value is -1.30. The topological polar surface area (TPSA) is 116 Å². The first kappa shape index (κ1) is 25.7. The second kappa shape index (κ2) is 12.4. The molecular weight excluding hydrogens is 442 g/mol. The van der Waals surface area contributed by atoms with Crippen molar-refractivity contribution < 1.29 is 29.1 Å². The molecule has 0 spiro atoms. The van der Waals surface area contributed by atoms with Gasteiger partial charge in [-0.1, -0.05) is 37.0 Å². The van der Waals surface area contributed by atoms with Crippen molar-refractivity contribution in [1.29, 1.82) is 0 Å². The zero-order valence-corrected chi connectivity index (χ0v) is 18.6. The van der Waals surface area contributed by atoms with Crippen LogP contribution in [-0.4, -0.2) is 58.2 Å². The Balaban J connectivity index is 3.24. The van der Waals surface area contributed by atoms with Gasteiger partial charge in [-0.05, 0) is 36.8 Å². The molecule has 0 heterocycles. The van der Waals surface area contributed by atoms with E-state index in [0.29, 0.717) is 10.8 Å². The molecule has 12 heteroatoms. The zero-order chi connectivity index (χ0) is 22.1. The van der Waals surface area contributed by atoms with Gasteiger partial charge in [0.05, 0.1) is 10.6 Å². The molecule has 1 aromatic carbocycles. The third-order valence-corrected chi connectivity index (χ3v) is 4.81. The molecule has 0 aliphatic heterocycles. The summed E-state index contributed by atoms with van der Waals surface area (Å²) in [4.78, 5) is 37.9. The van der Waals surface area contributed by atoms with E-state index in [9.17, 15) is 14.4 Å². The van der Waals surface area contributed by atoms with Crippen LogP contribution in [0.15, 0.2) is 18.2 Å². The molecule has 0 radical (unpaired) electrons. The number of hydrogen-bond donors (Lipinski definition) is 3. The first-order valence-corrected chi connectivity index (χ1v) is 10.9. The monoisotopic (exact) mass is 464 g/mol. The summed E-state index contributed by atoms with van der Waals surface area (Å²) in [6.45, 7) is 3.62. The fourth-order valence-corrected chi connectivity index (χ4v) is 3.09. The highest BCUT2D eigenvalue weighted by molar-refractivity contribution is 7.98. The van der Waals surface area contributed by atoms with Gasteiger partial charge in [0.1, 0.15) is 6.04 Å². The number of benzene rings is 1. The van der Waals surface area contributed by atoms with E-state index in [1.54, 1.807) is 0 Å². The molecule has 1 atom stereocenters. The zero-order valence-electron chi connectivity index (χ0n) is 16.2. The van der Waals surface area contributed by atoms with Crippen molar-refractivity contribution in [2.75, 3.05) is 12.0 Å². The predicted octanol–water partition coefficient (Wildman–Crippen LogP) is 2.15. The average molecular weight is 465 g/mol. The summed E-state index contributed by atoms with van der Waals surface area (Å²) in [5, 5.41) is 18.9. The number of rotatable bonds is 10. The maximum atomic E-state index is 13.0. The molecular formula is C17H23BCl2N2O6S. The number of nitrogens with zero attached hydrogens (tertiary/aromatic N) is 1. The van der Waals surface area contributed by atoms with Crippen LogP contribution in [0, 0.1) is 5.92 Å². The number of imide groups is 1. The van der Waals surface area contributed by atoms with E-state index in [1.165, 1.54) is 30.0 Å². The molecule has 160 valence electrons. The molecule has 0 aliphatic carbocycles. The van der Waals surface area contributed by atoms with E-state index in [2.05, 4.69) is 10.1 Å². The van der Waals surface area contributed by atoms with E-state index in [1.807, 2.05) is 20.1 Å². The molecule has 29 heavy (non-hydrogen) atoms. The third kappa shape index (κ3) is 8.53. The Morgan fingerprint density at radius 2 is 1.93 bits per heavy atom. The van der Waals surface area contributed by atoms with Crippen molar-refractivity contribution in [2.45, 2.75) is 32.7 Å². The highest BCUT2D eigenvalue weighted by atomic mass is 35.5. The Morgan fingerprint density at radius 3 is 2.48 bits per heavy atom. The van der Waals surface area contributed by atoms with Gasteiger partial charge in [0.15, 0.2) is 0 Å². The lowest BCUT2D eigenvalue weighted by Gasteiger charge is -2.28. The minimum absolute atomic E-state index is 0.0180. The first-order valence-electron chi connectivity index (χ1n) is 8.70. The lowest BCUT2D eigenvalue weighted by atomic mass is 10.0. The molecule has 2 amide bonds. The average Bonchev–Trinajstić information content (AvgIpc) is 2.63. The number of carbonyl (C=O) groups is 3. The van der Waals surface area contributed by atoms with Gasteiger partial charge in [-0.2, -0.15) is 11.8 Å². The second-order valence-corrected chi connectivity index (χ2v) is 8.30. The summed E-state index contributed by atoms with van der Waals surface area (Å²) < 4.78 is 4.41. The van der Waals surface area contributed by atoms with Crippen molar-refractivity contribution >= 4 is 60.1 Å². The largest absolute Gasteiger partial charge is 0.709 e. The van der Waals surface area contributed by atoms with Crippen LogP contribution in [0.25, 0.3) is 0 Å². The highest BCUT2D eigenvalue weighted by Gasteiger charge is 2.32. The molecule has 1 aromatic rings. The summed E-state index contributed by atoms with van der Waals surface area (Å²) in [5.74, 6) is -2.01. The summed E-state index contributed by atoms with van der Waals surface area (Å²) in [6, 6.07) is 3.05.